The van der Waals surface area contributed by atoms with Crippen molar-refractivity contribution in [2.24, 2.45) is 5.92 Å². The van der Waals surface area contributed by atoms with Crippen LogP contribution in [0.15, 0.2) is 5.38 Å². The second-order valence-corrected chi connectivity index (χ2v) is 6.32. The fraction of sp³-hybridized carbons (Fsp3) is 0.714. The van der Waals surface area contributed by atoms with E-state index < -0.39 is 0 Å². The summed E-state index contributed by atoms with van der Waals surface area (Å²) >= 11 is 1.68. The van der Waals surface area contributed by atoms with Gasteiger partial charge in [-0.1, -0.05) is 0 Å². The van der Waals surface area contributed by atoms with E-state index in [4.69, 9.17) is 4.74 Å². The van der Waals surface area contributed by atoms with Crippen molar-refractivity contribution in [2.75, 3.05) is 19.8 Å². The Morgan fingerprint density at radius 2 is 2.37 bits per heavy atom. The molecule has 104 valence electrons. The van der Waals surface area contributed by atoms with Crippen molar-refractivity contribution < 1.29 is 9.53 Å². The van der Waals surface area contributed by atoms with Gasteiger partial charge in [0.05, 0.1) is 18.6 Å². The summed E-state index contributed by atoms with van der Waals surface area (Å²) in [6, 6.07) is 0.195. The van der Waals surface area contributed by atoms with Gasteiger partial charge in [0, 0.05) is 24.2 Å². The molecular weight excluding hydrogens is 260 g/mol. The fourth-order valence-corrected chi connectivity index (χ4v) is 3.88. The molecule has 0 N–H and O–H groups in total. The molecule has 3 heterocycles. The van der Waals surface area contributed by atoms with Gasteiger partial charge in [0.1, 0.15) is 5.01 Å². The highest BCUT2D eigenvalue weighted by Gasteiger charge is 2.35. The molecule has 0 saturated carbocycles. The first-order chi connectivity index (χ1) is 9.25. The summed E-state index contributed by atoms with van der Waals surface area (Å²) in [4.78, 5) is 19.3. The number of hydrogen-bond acceptors (Lipinski definition) is 4. The number of ether oxygens (including phenoxy) is 1. The molecular formula is C14H20N2O2S. The number of thiazole rings is 1. The van der Waals surface area contributed by atoms with Crippen LogP contribution in [0.4, 0.5) is 0 Å². The molecule has 1 aromatic heterocycles. The van der Waals surface area contributed by atoms with Crippen molar-refractivity contribution in [3.63, 3.8) is 0 Å². The number of rotatable bonds is 2. The molecule has 4 nitrogen and oxygen atoms in total. The van der Waals surface area contributed by atoms with Crippen LogP contribution in [0.2, 0.25) is 0 Å². The third-order valence-electron chi connectivity index (χ3n) is 3.99. The number of carbonyl (C=O) groups is 1. The molecule has 1 amide bonds. The minimum atomic E-state index is 0.0710. The van der Waals surface area contributed by atoms with Crippen LogP contribution >= 0.6 is 11.3 Å². The van der Waals surface area contributed by atoms with Gasteiger partial charge in [-0.3, -0.25) is 4.79 Å². The molecule has 3 rings (SSSR count). The minimum absolute atomic E-state index is 0.0710. The fourth-order valence-electron chi connectivity index (χ4n) is 2.94. The zero-order chi connectivity index (χ0) is 13.2. The zero-order valence-electron chi connectivity index (χ0n) is 11.3. The summed E-state index contributed by atoms with van der Waals surface area (Å²) < 4.78 is 5.35. The van der Waals surface area contributed by atoms with E-state index in [-0.39, 0.29) is 17.9 Å². The Hall–Kier alpha value is -0.940. The van der Waals surface area contributed by atoms with Crippen LogP contribution in [0.3, 0.4) is 0 Å². The Kier molecular flexibility index (Phi) is 3.84. The summed E-state index contributed by atoms with van der Waals surface area (Å²) in [6.45, 7) is 4.21. The molecule has 2 aliphatic rings. The normalized spacial score (nSPS) is 27.7. The number of hydrogen-bond donors (Lipinski definition) is 0. The highest BCUT2D eigenvalue weighted by atomic mass is 32.1. The summed E-state index contributed by atoms with van der Waals surface area (Å²) in [7, 11) is 0. The molecule has 0 bridgehead atoms. The highest BCUT2D eigenvalue weighted by Crippen LogP contribution is 2.34. The van der Waals surface area contributed by atoms with Crippen molar-refractivity contribution in [3.05, 3.63) is 16.1 Å². The number of carbonyl (C=O) groups excluding carboxylic acids is 1. The summed E-state index contributed by atoms with van der Waals surface area (Å²) in [6.07, 6.45) is 4.22. The second-order valence-electron chi connectivity index (χ2n) is 5.43. The molecule has 0 aromatic carbocycles. The molecule has 0 unspecified atom stereocenters. The van der Waals surface area contributed by atoms with Gasteiger partial charge in [-0.2, -0.15) is 0 Å². The Balaban J connectivity index is 1.78. The van der Waals surface area contributed by atoms with Gasteiger partial charge in [0.15, 0.2) is 0 Å². The van der Waals surface area contributed by atoms with Crippen molar-refractivity contribution in [1.82, 2.24) is 9.88 Å². The quantitative estimate of drug-likeness (QED) is 0.836. The number of amides is 1. The second kappa shape index (κ2) is 5.59. The largest absolute Gasteiger partial charge is 0.381 e. The number of nitrogens with zero attached hydrogens (tertiary/aromatic N) is 2. The van der Waals surface area contributed by atoms with Crippen LogP contribution in [-0.2, 0) is 9.53 Å². The van der Waals surface area contributed by atoms with Gasteiger partial charge in [0.2, 0.25) is 5.91 Å². The standard InChI is InChI=1S/C14H20N2O2S/c1-10-9-19-13(15-10)12-4-2-3-6-16(12)14(17)11-5-7-18-8-11/h9,11-12H,2-8H2,1H3/t11-,12-/m0/s1. The van der Waals surface area contributed by atoms with Gasteiger partial charge in [-0.05, 0) is 32.6 Å². The lowest BCUT2D eigenvalue weighted by Crippen LogP contribution is -2.42. The molecule has 19 heavy (non-hydrogen) atoms. The maximum atomic E-state index is 12.6. The molecule has 5 heteroatoms. The average Bonchev–Trinajstić information content (AvgIpc) is 3.09. The lowest BCUT2D eigenvalue weighted by Gasteiger charge is -2.36. The van der Waals surface area contributed by atoms with E-state index in [0.717, 1.165) is 43.1 Å². The van der Waals surface area contributed by atoms with E-state index in [2.05, 4.69) is 15.3 Å². The average molecular weight is 280 g/mol. The zero-order valence-corrected chi connectivity index (χ0v) is 12.1. The van der Waals surface area contributed by atoms with E-state index in [1.807, 2.05) is 6.92 Å². The first-order valence-corrected chi connectivity index (χ1v) is 7.94. The van der Waals surface area contributed by atoms with Gasteiger partial charge < -0.3 is 9.64 Å². The van der Waals surface area contributed by atoms with E-state index in [1.165, 1.54) is 6.42 Å². The predicted octanol–water partition coefficient (Wildman–Crippen LogP) is 2.54. The van der Waals surface area contributed by atoms with Crippen LogP contribution in [-0.4, -0.2) is 35.5 Å². The highest BCUT2D eigenvalue weighted by molar-refractivity contribution is 7.09. The molecule has 0 aliphatic carbocycles. The lowest BCUT2D eigenvalue weighted by molar-refractivity contribution is -0.139. The Morgan fingerprint density at radius 3 is 3.05 bits per heavy atom. The van der Waals surface area contributed by atoms with Crippen molar-refractivity contribution >= 4 is 17.2 Å². The molecule has 0 radical (unpaired) electrons. The number of likely N-dealkylation sites (tertiary alicyclic amines) is 1. The first kappa shape index (κ1) is 13.1. The van der Waals surface area contributed by atoms with Gasteiger partial charge >= 0.3 is 0 Å². The lowest BCUT2D eigenvalue weighted by atomic mass is 9.99. The molecule has 2 aliphatic heterocycles. The Labute approximate surface area is 117 Å². The molecule has 0 spiro atoms. The van der Waals surface area contributed by atoms with Crippen molar-refractivity contribution in [1.29, 1.82) is 0 Å². The van der Waals surface area contributed by atoms with Crippen LogP contribution < -0.4 is 0 Å². The van der Waals surface area contributed by atoms with Crippen LogP contribution in [0.25, 0.3) is 0 Å². The molecule has 2 atom stereocenters. The molecule has 2 saturated heterocycles. The van der Waals surface area contributed by atoms with E-state index in [1.54, 1.807) is 11.3 Å². The Bertz CT molecular complexity index is 454. The van der Waals surface area contributed by atoms with Gasteiger partial charge in [-0.15, -0.1) is 11.3 Å². The van der Waals surface area contributed by atoms with Crippen LogP contribution in [0.1, 0.15) is 42.4 Å². The molecule has 2 fully saturated rings. The first-order valence-electron chi connectivity index (χ1n) is 7.06. The monoisotopic (exact) mass is 280 g/mol. The molecule has 1 aromatic rings. The number of piperidine rings is 1. The van der Waals surface area contributed by atoms with Gasteiger partial charge in [-0.25, -0.2) is 4.98 Å². The van der Waals surface area contributed by atoms with Crippen LogP contribution in [0.5, 0.6) is 0 Å². The summed E-state index contributed by atoms with van der Waals surface area (Å²) in [5.74, 6) is 0.344. The van der Waals surface area contributed by atoms with Gasteiger partial charge in [0.25, 0.3) is 0 Å². The number of aromatic nitrogens is 1. The minimum Gasteiger partial charge on any atom is -0.381 e. The third-order valence-corrected chi connectivity index (χ3v) is 5.05. The van der Waals surface area contributed by atoms with E-state index in [9.17, 15) is 4.79 Å². The summed E-state index contributed by atoms with van der Waals surface area (Å²) in [5, 5.41) is 3.18. The SMILES string of the molecule is Cc1csc([C@@H]2CCCCN2C(=O)[C@H]2CCOC2)n1. The topological polar surface area (TPSA) is 42.4 Å². The summed E-state index contributed by atoms with van der Waals surface area (Å²) in [5.41, 5.74) is 1.06. The van der Waals surface area contributed by atoms with Crippen molar-refractivity contribution in [3.8, 4) is 0 Å². The maximum absolute atomic E-state index is 12.6. The predicted molar refractivity (Wildman–Crippen MR) is 74.1 cm³/mol. The van der Waals surface area contributed by atoms with Crippen molar-refractivity contribution in [2.45, 2.75) is 38.6 Å². The van der Waals surface area contributed by atoms with E-state index >= 15 is 0 Å². The third kappa shape index (κ3) is 2.67. The van der Waals surface area contributed by atoms with E-state index in [0.29, 0.717) is 6.61 Å². The smallest absolute Gasteiger partial charge is 0.228 e. The van der Waals surface area contributed by atoms with Crippen LogP contribution in [0, 0.1) is 12.8 Å². The Morgan fingerprint density at radius 1 is 1.47 bits per heavy atom. The number of aryl methyl sites for hydroxylation is 1. The maximum Gasteiger partial charge on any atom is 0.228 e.